The summed E-state index contributed by atoms with van der Waals surface area (Å²) in [5, 5.41) is 0.608. The number of nitrogens with zero attached hydrogens (tertiary/aromatic N) is 1. The van der Waals surface area contributed by atoms with Gasteiger partial charge >= 0.3 is 0 Å². The lowest BCUT2D eigenvalue weighted by Crippen LogP contribution is -2.31. The molecule has 3 heterocycles. The van der Waals surface area contributed by atoms with Crippen LogP contribution in [0.15, 0.2) is 62.6 Å². The number of aryl methyl sites for hydroxylation is 1. The highest BCUT2D eigenvalue weighted by atomic mass is 32.2. The summed E-state index contributed by atoms with van der Waals surface area (Å²) in [4.78, 5) is 4.83. The number of pyridine rings is 1. The van der Waals surface area contributed by atoms with Gasteiger partial charge < -0.3 is 0 Å². The molecule has 138 valence electrons. The molecule has 0 aliphatic carbocycles. The molecular formula is C16H16N2O4S4. The molecule has 0 bridgehead atoms. The monoisotopic (exact) mass is 428 g/mol. The van der Waals surface area contributed by atoms with Crippen LogP contribution in [-0.2, 0) is 19.9 Å². The van der Waals surface area contributed by atoms with E-state index in [4.69, 9.17) is 0 Å². The van der Waals surface area contributed by atoms with E-state index in [0.717, 1.165) is 27.6 Å². The summed E-state index contributed by atoms with van der Waals surface area (Å²) < 4.78 is 53.8. The molecule has 0 aromatic carbocycles. The lowest BCUT2D eigenvalue weighted by atomic mass is 10.2. The van der Waals surface area contributed by atoms with Crippen molar-refractivity contribution in [3.63, 3.8) is 0 Å². The highest BCUT2D eigenvalue weighted by molar-refractivity contribution is 7.94. The summed E-state index contributed by atoms with van der Waals surface area (Å²) in [5.74, 6) is 0. The normalized spacial score (nSPS) is 13.6. The largest absolute Gasteiger partial charge is 0.264 e. The zero-order valence-corrected chi connectivity index (χ0v) is 17.0. The molecule has 0 aliphatic rings. The SMILES string of the molecule is Cc1ccc(S(=O)(=O)NC[C@@H](c2cccnc2)S(=O)(=O)c2cccs2)s1. The first-order valence-electron chi connectivity index (χ1n) is 7.54. The van der Waals surface area contributed by atoms with E-state index < -0.39 is 25.1 Å². The molecule has 0 saturated carbocycles. The maximum atomic E-state index is 13.0. The highest BCUT2D eigenvalue weighted by Crippen LogP contribution is 2.31. The van der Waals surface area contributed by atoms with E-state index in [1.807, 2.05) is 6.92 Å². The van der Waals surface area contributed by atoms with Crippen LogP contribution >= 0.6 is 22.7 Å². The van der Waals surface area contributed by atoms with Gasteiger partial charge in [0.2, 0.25) is 10.0 Å². The number of rotatable bonds is 7. The topological polar surface area (TPSA) is 93.2 Å². The fourth-order valence-corrected chi connectivity index (χ4v) is 7.68. The van der Waals surface area contributed by atoms with Crippen LogP contribution in [0, 0.1) is 6.92 Å². The minimum Gasteiger partial charge on any atom is -0.264 e. The second-order valence-electron chi connectivity index (χ2n) is 5.47. The summed E-state index contributed by atoms with van der Waals surface area (Å²) in [6.07, 6.45) is 2.98. The zero-order chi connectivity index (χ0) is 18.8. The zero-order valence-electron chi connectivity index (χ0n) is 13.7. The fraction of sp³-hybridized carbons (Fsp3) is 0.188. The van der Waals surface area contributed by atoms with Gasteiger partial charge in [-0.15, -0.1) is 22.7 Å². The molecule has 10 heteroatoms. The Bertz CT molecular complexity index is 1070. The van der Waals surface area contributed by atoms with Crippen LogP contribution < -0.4 is 4.72 Å². The standard InChI is InChI=1S/C16H16N2O4S4/c1-12-6-7-16(24-12)26(21,22)18-11-14(13-4-2-8-17-10-13)25(19,20)15-5-3-9-23-15/h2-10,14,18H,11H2,1H3/t14-/m0/s1. The van der Waals surface area contributed by atoms with Gasteiger partial charge in [0, 0.05) is 23.8 Å². The average molecular weight is 429 g/mol. The number of sulfonamides is 1. The summed E-state index contributed by atoms with van der Waals surface area (Å²) >= 11 is 2.24. The van der Waals surface area contributed by atoms with E-state index in [1.165, 1.54) is 24.5 Å². The molecular weight excluding hydrogens is 412 g/mol. The quantitative estimate of drug-likeness (QED) is 0.624. The Labute approximate surface area is 160 Å². The molecule has 0 amide bonds. The van der Waals surface area contributed by atoms with E-state index in [0.29, 0.717) is 5.56 Å². The molecule has 0 aliphatic heterocycles. The molecule has 1 atom stereocenters. The lowest BCUT2D eigenvalue weighted by Gasteiger charge is -2.17. The molecule has 0 fully saturated rings. The molecule has 1 N–H and O–H groups in total. The Kier molecular flexibility index (Phi) is 5.58. The maximum Gasteiger partial charge on any atom is 0.250 e. The predicted molar refractivity (Wildman–Crippen MR) is 103 cm³/mol. The number of hydrogen-bond donors (Lipinski definition) is 1. The number of hydrogen-bond acceptors (Lipinski definition) is 7. The van der Waals surface area contributed by atoms with Crippen molar-refractivity contribution in [2.75, 3.05) is 6.54 Å². The first kappa shape index (κ1) is 19.2. The molecule has 3 rings (SSSR count). The molecule has 6 nitrogen and oxygen atoms in total. The Morgan fingerprint density at radius 2 is 1.88 bits per heavy atom. The fourth-order valence-electron chi connectivity index (χ4n) is 2.35. The second-order valence-corrected chi connectivity index (χ2v) is 12.1. The van der Waals surface area contributed by atoms with Gasteiger partial charge in [0.15, 0.2) is 9.84 Å². The molecule has 0 unspecified atom stereocenters. The Morgan fingerprint density at radius 3 is 2.46 bits per heavy atom. The lowest BCUT2D eigenvalue weighted by molar-refractivity contribution is 0.570. The van der Waals surface area contributed by atoms with Crippen LogP contribution in [0.1, 0.15) is 15.7 Å². The van der Waals surface area contributed by atoms with Crippen molar-refractivity contribution < 1.29 is 16.8 Å². The van der Waals surface area contributed by atoms with Crippen LogP contribution in [-0.4, -0.2) is 28.4 Å². The Morgan fingerprint density at radius 1 is 1.08 bits per heavy atom. The number of sulfone groups is 1. The van der Waals surface area contributed by atoms with E-state index in [9.17, 15) is 16.8 Å². The maximum absolute atomic E-state index is 13.0. The van der Waals surface area contributed by atoms with Crippen molar-refractivity contribution in [2.45, 2.75) is 20.6 Å². The average Bonchev–Trinajstić information content (AvgIpc) is 3.27. The highest BCUT2D eigenvalue weighted by Gasteiger charge is 2.32. The number of aromatic nitrogens is 1. The molecule has 3 aromatic heterocycles. The van der Waals surface area contributed by atoms with Crippen LogP contribution in [0.3, 0.4) is 0 Å². The molecule has 26 heavy (non-hydrogen) atoms. The number of thiophene rings is 2. The summed E-state index contributed by atoms with van der Waals surface area (Å²) in [7, 11) is -7.54. The van der Waals surface area contributed by atoms with E-state index in [2.05, 4.69) is 9.71 Å². The summed E-state index contributed by atoms with van der Waals surface area (Å²) in [6, 6.07) is 9.64. The van der Waals surface area contributed by atoms with Crippen molar-refractivity contribution in [1.82, 2.24) is 9.71 Å². The minimum absolute atomic E-state index is 0.161. The molecule has 0 spiro atoms. The third-order valence-corrected chi connectivity index (χ3v) is 10.1. The summed E-state index contributed by atoms with van der Waals surface area (Å²) in [5.41, 5.74) is 0.436. The summed E-state index contributed by atoms with van der Waals surface area (Å²) in [6.45, 7) is 1.54. The Balaban J connectivity index is 1.93. The van der Waals surface area contributed by atoms with Gasteiger partial charge in [0.05, 0.1) is 0 Å². The van der Waals surface area contributed by atoms with Gasteiger partial charge in [0.1, 0.15) is 13.7 Å². The molecule has 0 saturated heterocycles. The van der Waals surface area contributed by atoms with Crippen molar-refractivity contribution in [3.05, 3.63) is 64.6 Å². The van der Waals surface area contributed by atoms with Gasteiger partial charge in [-0.25, -0.2) is 21.6 Å². The third-order valence-electron chi connectivity index (χ3n) is 3.65. The van der Waals surface area contributed by atoms with Crippen molar-refractivity contribution in [3.8, 4) is 0 Å². The first-order chi connectivity index (χ1) is 12.3. The van der Waals surface area contributed by atoms with Crippen LogP contribution in [0.2, 0.25) is 0 Å². The van der Waals surface area contributed by atoms with Crippen LogP contribution in [0.4, 0.5) is 0 Å². The smallest absolute Gasteiger partial charge is 0.250 e. The van der Waals surface area contributed by atoms with Gasteiger partial charge in [-0.2, -0.15) is 0 Å². The second kappa shape index (κ2) is 7.57. The van der Waals surface area contributed by atoms with Crippen LogP contribution in [0.25, 0.3) is 0 Å². The predicted octanol–water partition coefficient (Wildman–Crippen LogP) is 3.01. The van der Waals surface area contributed by atoms with Crippen molar-refractivity contribution in [1.29, 1.82) is 0 Å². The third kappa shape index (κ3) is 4.04. The van der Waals surface area contributed by atoms with Crippen molar-refractivity contribution >= 4 is 42.5 Å². The van der Waals surface area contributed by atoms with Gasteiger partial charge in [-0.1, -0.05) is 12.1 Å². The minimum atomic E-state index is -3.78. The Hall–Kier alpha value is -1.59. The van der Waals surface area contributed by atoms with Gasteiger partial charge in [-0.05, 0) is 42.1 Å². The van der Waals surface area contributed by atoms with Crippen molar-refractivity contribution in [2.24, 2.45) is 0 Å². The molecule has 0 radical (unpaired) electrons. The van der Waals surface area contributed by atoms with E-state index >= 15 is 0 Å². The molecule has 3 aromatic rings. The van der Waals surface area contributed by atoms with E-state index in [1.54, 1.807) is 29.6 Å². The van der Waals surface area contributed by atoms with Crippen LogP contribution in [0.5, 0.6) is 0 Å². The van der Waals surface area contributed by atoms with E-state index in [-0.39, 0.29) is 15.0 Å². The van der Waals surface area contributed by atoms with Gasteiger partial charge in [-0.3, -0.25) is 4.98 Å². The number of nitrogens with one attached hydrogen (secondary N) is 1. The van der Waals surface area contributed by atoms with Gasteiger partial charge in [0.25, 0.3) is 0 Å². The first-order valence-corrected chi connectivity index (χ1v) is 12.3.